The zero-order chi connectivity index (χ0) is 17.4. The maximum absolute atomic E-state index is 12.8. The van der Waals surface area contributed by atoms with E-state index < -0.39 is 5.72 Å². The maximum atomic E-state index is 12.8. The Labute approximate surface area is 146 Å². The minimum atomic E-state index is -0.958. The van der Waals surface area contributed by atoms with Crippen molar-refractivity contribution < 1.29 is 14.3 Å². The van der Waals surface area contributed by atoms with Crippen molar-refractivity contribution >= 4 is 11.8 Å². The summed E-state index contributed by atoms with van der Waals surface area (Å²) in [7, 11) is 0. The highest BCUT2D eigenvalue weighted by Crippen LogP contribution is 2.32. The standard InChI is InChI=1S/C20H20N2O3/c1-20(22-18(23)16-9-5-6-10-17(16)19(22)24)14-21(11-12-25-20)13-15-7-3-2-4-8-15/h2-10H,11-14H2,1H3. The molecule has 128 valence electrons. The molecule has 0 saturated carbocycles. The first-order valence-corrected chi connectivity index (χ1v) is 8.47. The molecule has 1 fully saturated rings. The Balaban J connectivity index is 1.57. The minimum absolute atomic E-state index is 0.273. The summed E-state index contributed by atoms with van der Waals surface area (Å²) in [5.41, 5.74) is 1.16. The molecule has 0 radical (unpaired) electrons. The van der Waals surface area contributed by atoms with Gasteiger partial charge in [-0.1, -0.05) is 42.5 Å². The zero-order valence-electron chi connectivity index (χ0n) is 14.1. The van der Waals surface area contributed by atoms with E-state index in [-0.39, 0.29) is 11.8 Å². The highest BCUT2D eigenvalue weighted by molar-refractivity contribution is 6.21. The summed E-state index contributed by atoms with van der Waals surface area (Å²) in [6.07, 6.45) is 0. The van der Waals surface area contributed by atoms with Gasteiger partial charge in [0.1, 0.15) is 0 Å². The van der Waals surface area contributed by atoms with Gasteiger partial charge in [0.2, 0.25) is 0 Å². The van der Waals surface area contributed by atoms with Crippen molar-refractivity contribution in [2.24, 2.45) is 0 Å². The van der Waals surface area contributed by atoms with Gasteiger partial charge in [0, 0.05) is 19.6 Å². The van der Waals surface area contributed by atoms with E-state index in [2.05, 4.69) is 17.0 Å². The van der Waals surface area contributed by atoms with Crippen LogP contribution in [-0.4, -0.2) is 47.0 Å². The fourth-order valence-electron chi connectivity index (χ4n) is 3.66. The number of imide groups is 1. The Hall–Kier alpha value is -2.50. The highest BCUT2D eigenvalue weighted by Gasteiger charge is 2.49. The molecule has 0 spiro atoms. The zero-order valence-corrected chi connectivity index (χ0v) is 14.1. The van der Waals surface area contributed by atoms with E-state index in [1.807, 2.05) is 25.1 Å². The highest BCUT2D eigenvalue weighted by atomic mass is 16.5. The van der Waals surface area contributed by atoms with E-state index in [1.165, 1.54) is 10.5 Å². The van der Waals surface area contributed by atoms with Crippen molar-refractivity contribution in [1.82, 2.24) is 9.80 Å². The van der Waals surface area contributed by atoms with Gasteiger partial charge in [-0.25, -0.2) is 4.90 Å². The number of hydrogen-bond acceptors (Lipinski definition) is 4. The van der Waals surface area contributed by atoms with Crippen LogP contribution < -0.4 is 0 Å². The molecule has 0 aliphatic carbocycles. The number of carbonyl (C=O) groups is 2. The van der Waals surface area contributed by atoms with Crippen molar-refractivity contribution in [3.63, 3.8) is 0 Å². The number of ether oxygens (including phenoxy) is 1. The second-order valence-electron chi connectivity index (χ2n) is 6.71. The van der Waals surface area contributed by atoms with Gasteiger partial charge in [-0.05, 0) is 24.6 Å². The Morgan fingerprint density at radius 1 is 0.960 bits per heavy atom. The molecule has 1 saturated heterocycles. The number of carbonyl (C=O) groups excluding carboxylic acids is 2. The first-order chi connectivity index (χ1) is 12.1. The summed E-state index contributed by atoms with van der Waals surface area (Å²) < 4.78 is 5.93. The molecule has 2 aliphatic rings. The van der Waals surface area contributed by atoms with E-state index in [9.17, 15) is 9.59 Å². The lowest BCUT2D eigenvalue weighted by molar-refractivity contribution is -0.157. The summed E-state index contributed by atoms with van der Waals surface area (Å²) in [5, 5.41) is 0. The van der Waals surface area contributed by atoms with Crippen molar-refractivity contribution in [2.75, 3.05) is 19.7 Å². The summed E-state index contributed by atoms with van der Waals surface area (Å²) in [5.74, 6) is -0.547. The van der Waals surface area contributed by atoms with Crippen LogP contribution in [0.4, 0.5) is 0 Å². The van der Waals surface area contributed by atoms with E-state index >= 15 is 0 Å². The van der Waals surface area contributed by atoms with E-state index in [0.717, 1.165) is 13.1 Å². The van der Waals surface area contributed by atoms with Crippen LogP contribution in [0, 0.1) is 0 Å². The van der Waals surface area contributed by atoms with Crippen LogP contribution in [-0.2, 0) is 11.3 Å². The number of morpholine rings is 1. The molecular formula is C20H20N2O3. The van der Waals surface area contributed by atoms with Crippen LogP contribution in [0.15, 0.2) is 54.6 Å². The van der Waals surface area contributed by atoms with Crippen molar-refractivity contribution in [3.05, 3.63) is 71.3 Å². The quantitative estimate of drug-likeness (QED) is 0.808. The topological polar surface area (TPSA) is 49.9 Å². The molecule has 5 nitrogen and oxygen atoms in total. The average Bonchev–Trinajstić information content (AvgIpc) is 2.88. The third-order valence-corrected chi connectivity index (χ3v) is 4.85. The third kappa shape index (κ3) is 2.75. The molecule has 5 heteroatoms. The number of fused-ring (bicyclic) bond motifs is 1. The second kappa shape index (κ2) is 6.10. The van der Waals surface area contributed by atoms with Crippen LogP contribution >= 0.6 is 0 Å². The molecule has 2 aliphatic heterocycles. The fraction of sp³-hybridized carbons (Fsp3) is 0.300. The number of benzene rings is 2. The number of nitrogens with zero attached hydrogens (tertiary/aromatic N) is 2. The molecule has 2 aromatic carbocycles. The summed E-state index contributed by atoms with van der Waals surface area (Å²) in [4.78, 5) is 29.1. The van der Waals surface area contributed by atoms with Crippen LogP contribution in [0.5, 0.6) is 0 Å². The van der Waals surface area contributed by atoms with Gasteiger partial charge in [-0.3, -0.25) is 14.5 Å². The predicted octanol–water partition coefficient (Wildman–Crippen LogP) is 2.53. The second-order valence-corrected chi connectivity index (χ2v) is 6.71. The number of hydrogen-bond donors (Lipinski definition) is 0. The number of amides is 2. The Kier molecular flexibility index (Phi) is 3.90. The van der Waals surface area contributed by atoms with Crippen molar-refractivity contribution in [2.45, 2.75) is 19.2 Å². The molecule has 2 aromatic rings. The number of rotatable bonds is 3. The average molecular weight is 336 g/mol. The van der Waals surface area contributed by atoms with E-state index in [4.69, 9.17) is 4.74 Å². The largest absolute Gasteiger partial charge is 0.353 e. The molecule has 2 heterocycles. The third-order valence-electron chi connectivity index (χ3n) is 4.85. The first-order valence-electron chi connectivity index (χ1n) is 8.47. The van der Waals surface area contributed by atoms with Gasteiger partial charge < -0.3 is 4.74 Å². The summed E-state index contributed by atoms with van der Waals surface area (Å²) >= 11 is 0. The Morgan fingerprint density at radius 2 is 1.56 bits per heavy atom. The summed E-state index contributed by atoms with van der Waals surface area (Å²) in [6.45, 7) is 4.34. The normalized spacial score (nSPS) is 23.8. The van der Waals surface area contributed by atoms with Gasteiger partial charge in [-0.15, -0.1) is 0 Å². The van der Waals surface area contributed by atoms with Gasteiger partial charge in [0.05, 0.1) is 17.7 Å². The lowest BCUT2D eigenvalue weighted by atomic mass is 10.1. The van der Waals surface area contributed by atoms with Crippen LogP contribution in [0.25, 0.3) is 0 Å². The fourth-order valence-corrected chi connectivity index (χ4v) is 3.66. The SMILES string of the molecule is CC1(N2C(=O)c3ccccc3C2=O)CN(Cc2ccccc2)CCO1. The molecule has 2 amide bonds. The molecule has 4 rings (SSSR count). The smallest absolute Gasteiger partial charge is 0.263 e. The van der Waals surface area contributed by atoms with Crippen LogP contribution in [0.1, 0.15) is 33.2 Å². The van der Waals surface area contributed by atoms with Crippen molar-refractivity contribution in [3.8, 4) is 0 Å². The lowest BCUT2D eigenvalue weighted by Gasteiger charge is -2.44. The summed E-state index contributed by atoms with van der Waals surface area (Å²) in [6, 6.07) is 17.1. The molecule has 0 N–H and O–H groups in total. The minimum Gasteiger partial charge on any atom is -0.353 e. The first kappa shape index (κ1) is 16.0. The molecule has 0 aromatic heterocycles. The molecule has 1 unspecified atom stereocenters. The Morgan fingerprint density at radius 3 is 2.20 bits per heavy atom. The van der Waals surface area contributed by atoms with E-state index in [1.54, 1.807) is 24.3 Å². The molecular weight excluding hydrogens is 316 g/mol. The Bertz CT molecular complexity index is 786. The lowest BCUT2D eigenvalue weighted by Crippen LogP contribution is -2.61. The maximum Gasteiger partial charge on any atom is 0.263 e. The van der Waals surface area contributed by atoms with Gasteiger partial charge in [-0.2, -0.15) is 0 Å². The molecule has 0 bridgehead atoms. The predicted molar refractivity (Wildman–Crippen MR) is 93.0 cm³/mol. The van der Waals surface area contributed by atoms with Gasteiger partial charge in [0.25, 0.3) is 11.8 Å². The van der Waals surface area contributed by atoms with Crippen LogP contribution in [0.3, 0.4) is 0 Å². The molecule has 1 atom stereocenters. The van der Waals surface area contributed by atoms with E-state index in [0.29, 0.717) is 24.3 Å². The van der Waals surface area contributed by atoms with Gasteiger partial charge in [0.15, 0.2) is 5.72 Å². The van der Waals surface area contributed by atoms with Crippen LogP contribution in [0.2, 0.25) is 0 Å². The monoisotopic (exact) mass is 336 g/mol. The van der Waals surface area contributed by atoms with Crippen molar-refractivity contribution in [1.29, 1.82) is 0 Å². The molecule has 25 heavy (non-hydrogen) atoms. The van der Waals surface area contributed by atoms with Gasteiger partial charge >= 0.3 is 0 Å².